The molecular weight excluding hydrogens is 202 g/mol. The van der Waals surface area contributed by atoms with E-state index in [-0.39, 0.29) is 5.75 Å². The molecule has 5 heteroatoms. The molecule has 2 aromatic rings. The molecule has 0 amide bonds. The maximum atomic E-state index is 9.38. The molecule has 0 aliphatic heterocycles. The lowest BCUT2D eigenvalue weighted by molar-refractivity contribution is 0.476. The van der Waals surface area contributed by atoms with E-state index in [0.29, 0.717) is 10.7 Å². The van der Waals surface area contributed by atoms with Crippen molar-refractivity contribution in [1.82, 2.24) is 15.0 Å². The molecule has 0 radical (unpaired) electrons. The Morgan fingerprint density at radius 1 is 1.43 bits per heavy atom. The van der Waals surface area contributed by atoms with Crippen LogP contribution in [-0.2, 0) is 7.05 Å². The van der Waals surface area contributed by atoms with E-state index >= 15 is 0 Å². The highest BCUT2D eigenvalue weighted by atomic mass is 35.5. The molecule has 4 nitrogen and oxygen atoms in total. The maximum absolute atomic E-state index is 9.38. The number of aromatic nitrogens is 3. The van der Waals surface area contributed by atoms with Crippen LogP contribution in [0.5, 0.6) is 5.75 Å². The largest absolute Gasteiger partial charge is 0.506 e. The van der Waals surface area contributed by atoms with Gasteiger partial charge in [-0.25, -0.2) is 0 Å². The summed E-state index contributed by atoms with van der Waals surface area (Å²) in [6.07, 6.45) is 1.63. The monoisotopic (exact) mass is 209 g/mol. The topological polar surface area (TPSA) is 50.9 Å². The number of rotatable bonds is 1. The van der Waals surface area contributed by atoms with Crippen LogP contribution in [0.3, 0.4) is 0 Å². The Bertz CT molecular complexity index is 467. The van der Waals surface area contributed by atoms with Crippen LogP contribution in [0.15, 0.2) is 24.4 Å². The second-order valence-corrected chi connectivity index (χ2v) is 3.29. The number of hydrogen-bond acceptors (Lipinski definition) is 3. The van der Waals surface area contributed by atoms with Gasteiger partial charge in [-0.1, -0.05) is 17.7 Å². The lowest BCUT2D eigenvalue weighted by atomic mass is 10.1. The summed E-state index contributed by atoms with van der Waals surface area (Å²) in [5, 5.41) is 17.8. The zero-order chi connectivity index (χ0) is 10.1. The molecule has 0 saturated carbocycles. The molecule has 0 unspecified atom stereocenters. The first kappa shape index (κ1) is 9.02. The highest BCUT2D eigenvalue weighted by molar-refractivity contribution is 6.32. The van der Waals surface area contributed by atoms with Crippen molar-refractivity contribution in [1.29, 1.82) is 0 Å². The van der Waals surface area contributed by atoms with Gasteiger partial charge in [0.2, 0.25) is 0 Å². The SMILES string of the molecule is Cn1ncc(-c2ccc(Cl)c(O)c2)n1. The molecule has 72 valence electrons. The van der Waals surface area contributed by atoms with Crippen molar-refractivity contribution in [3.63, 3.8) is 0 Å². The summed E-state index contributed by atoms with van der Waals surface area (Å²) in [4.78, 5) is 1.46. The van der Waals surface area contributed by atoms with Crippen molar-refractivity contribution >= 4 is 11.6 Å². The van der Waals surface area contributed by atoms with Crippen molar-refractivity contribution in [2.45, 2.75) is 0 Å². The van der Waals surface area contributed by atoms with Crippen LogP contribution in [0.2, 0.25) is 5.02 Å². The number of benzene rings is 1. The second kappa shape index (κ2) is 3.31. The van der Waals surface area contributed by atoms with Crippen LogP contribution in [0.1, 0.15) is 0 Å². The van der Waals surface area contributed by atoms with E-state index < -0.39 is 0 Å². The predicted molar refractivity (Wildman–Crippen MR) is 53.1 cm³/mol. The number of hydrogen-bond donors (Lipinski definition) is 1. The lowest BCUT2D eigenvalue weighted by Crippen LogP contribution is -1.91. The fourth-order valence-corrected chi connectivity index (χ4v) is 1.27. The normalized spacial score (nSPS) is 10.4. The highest BCUT2D eigenvalue weighted by Gasteiger charge is 2.05. The van der Waals surface area contributed by atoms with E-state index in [1.807, 2.05) is 0 Å². The molecule has 0 spiro atoms. The molecule has 0 saturated heterocycles. The number of phenolic OH excluding ortho intramolecular Hbond substituents is 1. The number of halogens is 1. The summed E-state index contributed by atoms with van der Waals surface area (Å²) < 4.78 is 0. The van der Waals surface area contributed by atoms with Crippen molar-refractivity contribution in [2.24, 2.45) is 7.05 Å². The zero-order valence-corrected chi connectivity index (χ0v) is 8.23. The van der Waals surface area contributed by atoms with E-state index in [1.165, 1.54) is 4.80 Å². The zero-order valence-electron chi connectivity index (χ0n) is 7.48. The van der Waals surface area contributed by atoms with Gasteiger partial charge in [-0.2, -0.15) is 15.0 Å². The third kappa shape index (κ3) is 1.56. The molecule has 1 N–H and O–H groups in total. The van der Waals surface area contributed by atoms with Gasteiger partial charge >= 0.3 is 0 Å². The molecular formula is C9H8ClN3O. The lowest BCUT2D eigenvalue weighted by Gasteiger charge is -1.98. The van der Waals surface area contributed by atoms with Crippen LogP contribution >= 0.6 is 11.6 Å². The van der Waals surface area contributed by atoms with Crippen LogP contribution < -0.4 is 0 Å². The third-order valence-electron chi connectivity index (χ3n) is 1.84. The summed E-state index contributed by atoms with van der Waals surface area (Å²) in [7, 11) is 1.74. The van der Waals surface area contributed by atoms with Gasteiger partial charge in [-0.3, -0.25) is 0 Å². The molecule has 14 heavy (non-hydrogen) atoms. The average Bonchev–Trinajstić information content (AvgIpc) is 2.57. The maximum Gasteiger partial charge on any atom is 0.134 e. The van der Waals surface area contributed by atoms with Crippen LogP contribution in [-0.4, -0.2) is 20.1 Å². The highest BCUT2D eigenvalue weighted by Crippen LogP contribution is 2.27. The van der Waals surface area contributed by atoms with Gasteiger partial charge in [0.25, 0.3) is 0 Å². The Hall–Kier alpha value is -1.55. The first-order valence-electron chi connectivity index (χ1n) is 4.02. The minimum absolute atomic E-state index is 0.0508. The van der Waals surface area contributed by atoms with Crippen molar-refractivity contribution in [3.8, 4) is 17.0 Å². The number of aromatic hydroxyl groups is 1. The standard InChI is InChI=1S/C9H8ClN3O/c1-13-11-5-8(12-13)6-2-3-7(10)9(14)4-6/h2-5,14H,1H3. The molecule has 1 aromatic heterocycles. The first-order valence-corrected chi connectivity index (χ1v) is 4.40. The molecule has 0 bridgehead atoms. The third-order valence-corrected chi connectivity index (χ3v) is 2.16. The minimum Gasteiger partial charge on any atom is -0.506 e. The van der Waals surface area contributed by atoms with Crippen molar-refractivity contribution < 1.29 is 5.11 Å². The summed E-state index contributed by atoms with van der Waals surface area (Å²) in [6.45, 7) is 0. The van der Waals surface area contributed by atoms with Gasteiger partial charge < -0.3 is 5.11 Å². The number of phenols is 1. The fourth-order valence-electron chi connectivity index (χ4n) is 1.15. The minimum atomic E-state index is 0.0508. The first-order chi connectivity index (χ1) is 6.66. The molecule has 0 fully saturated rings. The Kier molecular flexibility index (Phi) is 2.13. The Labute approximate surface area is 85.7 Å². The van der Waals surface area contributed by atoms with Gasteiger partial charge in [-0.15, -0.1) is 0 Å². The van der Waals surface area contributed by atoms with Crippen molar-refractivity contribution in [2.75, 3.05) is 0 Å². The summed E-state index contributed by atoms with van der Waals surface area (Å²) in [5.74, 6) is 0.0508. The molecule has 2 rings (SSSR count). The van der Waals surface area contributed by atoms with Gasteiger partial charge in [0.1, 0.15) is 11.4 Å². The predicted octanol–water partition coefficient (Wildman–Crippen LogP) is 1.84. The van der Waals surface area contributed by atoms with E-state index in [9.17, 15) is 5.11 Å². The summed E-state index contributed by atoms with van der Waals surface area (Å²) in [5.41, 5.74) is 1.50. The fraction of sp³-hybridized carbons (Fsp3) is 0.111. The molecule has 1 aromatic carbocycles. The van der Waals surface area contributed by atoms with Gasteiger partial charge in [0.05, 0.1) is 11.2 Å². The van der Waals surface area contributed by atoms with Crippen LogP contribution in [0.4, 0.5) is 0 Å². The quantitative estimate of drug-likeness (QED) is 0.780. The van der Waals surface area contributed by atoms with Crippen molar-refractivity contribution in [3.05, 3.63) is 29.4 Å². The summed E-state index contributed by atoms with van der Waals surface area (Å²) >= 11 is 5.68. The van der Waals surface area contributed by atoms with E-state index in [1.54, 1.807) is 31.4 Å². The average molecular weight is 210 g/mol. The molecule has 0 aliphatic carbocycles. The van der Waals surface area contributed by atoms with Crippen LogP contribution in [0.25, 0.3) is 11.3 Å². The number of aryl methyl sites for hydroxylation is 1. The number of nitrogens with zero attached hydrogens (tertiary/aromatic N) is 3. The van der Waals surface area contributed by atoms with E-state index in [2.05, 4.69) is 10.2 Å². The van der Waals surface area contributed by atoms with Crippen LogP contribution in [0, 0.1) is 0 Å². The van der Waals surface area contributed by atoms with Gasteiger partial charge in [0.15, 0.2) is 0 Å². The molecule has 0 atom stereocenters. The smallest absolute Gasteiger partial charge is 0.134 e. The molecule has 1 heterocycles. The van der Waals surface area contributed by atoms with E-state index in [0.717, 1.165) is 5.56 Å². The van der Waals surface area contributed by atoms with Gasteiger partial charge in [-0.05, 0) is 12.1 Å². The Morgan fingerprint density at radius 2 is 2.21 bits per heavy atom. The Balaban J connectivity index is 2.47. The van der Waals surface area contributed by atoms with Gasteiger partial charge in [0, 0.05) is 12.6 Å². The Morgan fingerprint density at radius 3 is 2.79 bits per heavy atom. The second-order valence-electron chi connectivity index (χ2n) is 2.89. The summed E-state index contributed by atoms with van der Waals surface area (Å²) in [6, 6.07) is 4.97. The van der Waals surface area contributed by atoms with E-state index in [4.69, 9.17) is 11.6 Å². The molecule has 0 aliphatic rings.